The van der Waals surface area contributed by atoms with Gasteiger partial charge < -0.3 is 9.50 Å². The molecule has 1 N–H and O–H groups in total. The number of anilines is 1. The first-order valence-corrected chi connectivity index (χ1v) is 15.0. The quantitative estimate of drug-likeness (QED) is 0.375. The summed E-state index contributed by atoms with van der Waals surface area (Å²) < 4.78 is 115. The number of alkyl halides is 3. The lowest BCUT2D eigenvalue weighted by molar-refractivity contribution is -0.0436. The number of carbonyl (C=O) groups is 1. The van der Waals surface area contributed by atoms with Crippen LogP contribution in [0.1, 0.15) is 17.4 Å². The van der Waals surface area contributed by atoms with E-state index >= 15 is 0 Å². The SMILES string of the molecule is CCS(=O)(=O)c1ccc(SC)nc1C(=O)Nc1cc(S(=O)(=O)C(F)(F)F)ccc1OS(C)(=O)=O. The highest BCUT2D eigenvalue weighted by molar-refractivity contribution is 7.98. The van der Waals surface area contributed by atoms with Gasteiger partial charge in [0.05, 0.1) is 32.5 Å². The van der Waals surface area contributed by atoms with Crippen LogP contribution >= 0.6 is 11.8 Å². The van der Waals surface area contributed by atoms with Crippen molar-refractivity contribution >= 4 is 53.1 Å². The molecule has 1 aromatic carbocycles. The zero-order valence-corrected chi connectivity index (χ0v) is 20.8. The fourth-order valence-electron chi connectivity index (χ4n) is 2.44. The van der Waals surface area contributed by atoms with Gasteiger partial charge in [-0.15, -0.1) is 11.8 Å². The molecule has 0 aliphatic rings. The average Bonchev–Trinajstić information content (AvgIpc) is 2.72. The Morgan fingerprint density at radius 2 is 1.71 bits per heavy atom. The summed E-state index contributed by atoms with van der Waals surface area (Å²) in [4.78, 5) is 15.0. The van der Waals surface area contributed by atoms with Gasteiger partial charge in [0.15, 0.2) is 15.6 Å². The molecule has 0 atom stereocenters. The molecule has 2 rings (SSSR count). The highest BCUT2D eigenvalue weighted by Gasteiger charge is 2.47. The molecule has 0 fully saturated rings. The van der Waals surface area contributed by atoms with Gasteiger partial charge in [0, 0.05) is 0 Å². The first kappa shape index (κ1) is 27.9. The van der Waals surface area contributed by atoms with Crippen molar-refractivity contribution in [2.45, 2.75) is 27.2 Å². The molecule has 1 aromatic heterocycles. The number of aromatic nitrogens is 1. The molecule has 0 aliphatic heterocycles. The molecule has 188 valence electrons. The van der Waals surface area contributed by atoms with Gasteiger partial charge in [0.2, 0.25) is 0 Å². The molecule has 17 heteroatoms. The van der Waals surface area contributed by atoms with Crippen LogP contribution in [0.15, 0.2) is 45.1 Å². The summed E-state index contributed by atoms with van der Waals surface area (Å²) in [7, 11) is -14.1. The van der Waals surface area contributed by atoms with E-state index in [4.69, 9.17) is 0 Å². The van der Waals surface area contributed by atoms with Crippen LogP contribution in [0.3, 0.4) is 0 Å². The third-order valence-electron chi connectivity index (χ3n) is 4.03. The van der Waals surface area contributed by atoms with Crippen molar-refractivity contribution in [2.24, 2.45) is 0 Å². The maximum Gasteiger partial charge on any atom is 0.501 e. The third kappa shape index (κ3) is 6.19. The van der Waals surface area contributed by atoms with Crippen molar-refractivity contribution in [3.63, 3.8) is 0 Å². The van der Waals surface area contributed by atoms with E-state index in [1.54, 1.807) is 6.26 Å². The molecule has 1 amide bonds. The number of hydrogen-bond donors (Lipinski definition) is 1. The second-order valence-corrected chi connectivity index (χ2v) is 13.0. The van der Waals surface area contributed by atoms with Crippen LogP contribution in [0.5, 0.6) is 5.75 Å². The van der Waals surface area contributed by atoms with E-state index in [0.29, 0.717) is 24.5 Å². The number of pyridine rings is 1. The Balaban J connectivity index is 2.70. The zero-order valence-electron chi connectivity index (χ0n) is 17.6. The molecule has 10 nitrogen and oxygen atoms in total. The van der Waals surface area contributed by atoms with Gasteiger partial charge in [0.1, 0.15) is 5.69 Å². The van der Waals surface area contributed by atoms with Gasteiger partial charge in [-0.05, 0) is 36.6 Å². The Morgan fingerprint density at radius 3 is 2.21 bits per heavy atom. The zero-order chi connectivity index (χ0) is 26.1. The Morgan fingerprint density at radius 1 is 1.09 bits per heavy atom. The maximum atomic E-state index is 13.0. The maximum absolute atomic E-state index is 13.0. The van der Waals surface area contributed by atoms with Crippen molar-refractivity contribution in [2.75, 3.05) is 23.6 Å². The minimum absolute atomic E-state index is 0.223. The van der Waals surface area contributed by atoms with E-state index in [9.17, 15) is 43.2 Å². The number of benzene rings is 1. The van der Waals surface area contributed by atoms with E-state index in [1.165, 1.54) is 13.0 Å². The number of nitrogens with zero attached hydrogens (tertiary/aromatic N) is 1. The Kier molecular flexibility index (Phi) is 7.96. The van der Waals surface area contributed by atoms with Gasteiger partial charge in [-0.2, -0.15) is 21.6 Å². The Labute approximate surface area is 197 Å². The highest BCUT2D eigenvalue weighted by atomic mass is 32.2. The number of carbonyl (C=O) groups excluding carboxylic acids is 1. The van der Waals surface area contributed by atoms with E-state index < -0.39 is 73.9 Å². The second-order valence-electron chi connectivity index (χ2n) is 6.45. The number of amides is 1. The summed E-state index contributed by atoms with van der Waals surface area (Å²) in [5.41, 5.74) is -7.11. The molecule has 0 bridgehead atoms. The molecule has 34 heavy (non-hydrogen) atoms. The Hall–Kier alpha value is -2.37. The van der Waals surface area contributed by atoms with Crippen LogP contribution in [-0.4, -0.2) is 59.9 Å². The summed E-state index contributed by atoms with van der Waals surface area (Å²) >= 11 is 1.06. The van der Waals surface area contributed by atoms with Crippen molar-refractivity contribution in [3.8, 4) is 5.75 Å². The van der Waals surface area contributed by atoms with Gasteiger partial charge in [-0.3, -0.25) is 4.79 Å². The fraction of sp³-hybridized carbons (Fsp3) is 0.294. The second kappa shape index (κ2) is 9.71. The minimum Gasteiger partial charge on any atom is -0.380 e. The van der Waals surface area contributed by atoms with Crippen LogP contribution in [0.25, 0.3) is 0 Å². The molecule has 0 radical (unpaired) electrons. The smallest absolute Gasteiger partial charge is 0.380 e. The van der Waals surface area contributed by atoms with Crippen LogP contribution in [0.2, 0.25) is 0 Å². The largest absolute Gasteiger partial charge is 0.501 e. The van der Waals surface area contributed by atoms with Crippen LogP contribution in [0, 0.1) is 0 Å². The van der Waals surface area contributed by atoms with Crippen LogP contribution < -0.4 is 9.50 Å². The number of thioether (sulfide) groups is 1. The normalized spacial score (nSPS) is 12.9. The lowest BCUT2D eigenvalue weighted by Crippen LogP contribution is -2.24. The summed E-state index contributed by atoms with van der Waals surface area (Å²) in [5.74, 6) is -2.38. The van der Waals surface area contributed by atoms with E-state index in [1.807, 2.05) is 5.32 Å². The molecule has 0 saturated heterocycles. The minimum atomic E-state index is -5.88. The van der Waals surface area contributed by atoms with Crippen molar-refractivity contribution < 1.29 is 47.4 Å². The first-order valence-electron chi connectivity index (χ1n) is 8.87. The summed E-state index contributed by atoms with van der Waals surface area (Å²) in [6, 6.07) is 3.83. The standard InChI is InChI=1S/C17H17F3N2O8S4/c1-4-33(26,27)13-7-8-14(31-2)22-15(13)16(23)21-11-9-10(34(28,29)17(18,19)20)5-6-12(11)30-32(3,24)25/h5-9H,4H2,1-3H3,(H,21,23). The molecule has 0 saturated carbocycles. The van der Waals surface area contributed by atoms with E-state index in [2.05, 4.69) is 9.17 Å². The monoisotopic (exact) mass is 562 g/mol. The van der Waals surface area contributed by atoms with Gasteiger partial charge in [-0.25, -0.2) is 21.8 Å². The first-order chi connectivity index (χ1) is 15.4. The number of rotatable bonds is 8. The topological polar surface area (TPSA) is 154 Å². The number of hydrogen-bond acceptors (Lipinski definition) is 10. The van der Waals surface area contributed by atoms with Crippen LogP contribution in [-0.2, 0) is 29.8 Å². The van der Waals surface area contributed by atoms with E-state index in [-0.39, 0.29) is 5.03 Å². The van der Waals surface area contributed by atoms with Gasteiger partial charge in [0.25, 0.3) is 15.7 Å². The van der Waals surface area contributed by atoms with Gasteiger partial charge in [-0.1, -0.05) is 6.92 Å². The molecule has 1 heterocycles. The molecular weight excluding hydrogens is 545 g/mol. The summed E-state index contributed by atoms with van der Waals surface area (Å²) in [6.07, 6.45) is 2.19. The highest BCUT2D eigenvalue weighted by Crippen LogP contribution is 2.35. The summed E-state index contributed by atoms with van der Waals surface area (Å²) in [6.45, 7) is 1.31. The van der Waals surface area contributed by atoms with Crippen LogP contribution in [0.4, 0.5) is 18.9 Å². The predicted molar refractivity (Wildman–Crippen MR) is 117 cm³/mol. The predicted octanol–water partition coefficient (Wildman–Crippen LogP) is 2.48. The Bertz CT molecular complexity index is 1440. The molecule has 0 aliphatic carbocycles. The average molecular weight is 563 g/mol. The lowest BCUT2D eigenvalue weighted by Gasteiger charge is -2.15. The number of halogens is 3. The van der Waals surface area contributed by atoms with E-state index in [0.717, 1.165) is 17.8 Å². The third-order valence-corrected chi connectivity index (χ3v) is 8.40. The fourth-order valence-corrected chi connectivity index (χ4v) is 5.10. The van der Waals surface area contributed by atoms with Crippen molar-refractivity contribution in [3.05, 3.63) is 36.0 Å². The van der Waals surface area contributed by atoms with Crippen molar-refractivity contribution in [1.29, 1.82) is 0 Å². The molecular formula is C17H17F3N2O8S4. The number of sulfone groups is 2. The molecule has 2 aromatic rings. The van der Waals surface area contributed by atoms with Gasteiger partial charge >= 0.3 is 15.6 Å². The molecule has 0 spiro atoms. The molecule has 0 unspecified atom stereocenters. The summed E-state index contributed by atoms with van der Waals surface area (Å²) in [5, 5.41) is 2.23. The number of nitrogens with one attached hydrogen (secondary N) is 1. The lowest BCUT2D eigenvalue weighted by atomic mass is 10.2. The van der Waals surface area contributed by atoms with Crippen molar-refractivity contribution in [1.82, 2.24) is 4.98 Å².